The van der Waals surface area contributed by atoms with E-state index in [1.165, 1.54) is 23.1 Å². The number of rotatable bonds is 9. The molecule has 0 unspecified atom stereocenters. The van der Waals surface area contributed by atoms with E-state index in [1.807, 2.05) is 29.7 Å². The first-order valence-corrected chi connectivity index (χ1v) is 11.0. The smallest absolute Gasteiger partial charge is 0.341 e. The van der Waals surface area contributed by atoms with Gasteiger partial charge in [-0.25, -0.2) is 4.79 Å². The van der Waals surface area contributed by atoms with E-state index in [1.54, 1.807) is 25.3 Å². The number of anilines is 1. The van der Waals surface area contributed by atoms with Crippen LogP contribution in [-0.4, -0.2) is 44.0 Å². The molecule has 0 radical (unpaired) electrons. The fourth-order valence-corrected chi connectivity index (χ4v) is 4.30. The minimum absolute atomic E-state index is 0.108. The maximum Gasteiger partial charge on any atom is 0.341 e. The molecule has 1 N–H and O–H groups in total. The standard InChI is InChI=1S/C20H21N5O3S2/c1-4-10-25-17(15-8-6-7-9-21-15)23-24-20(25)29-12-16(26)22-18-14(11-13(3)30-18)19(27)28-5-2/h4,6-9,11H,1,5,10,12H2,2-3H3,(H,22,26). The summed E-state index contributed by atoms with van der Waals surface area (Å²) >= 11 is 2.59. The van der Waals surface area contributed by atoms with Gasteiger partial charge in [0, 0.05) is 17.6 Å². The number of hydrogen-bond donors (Lipinski definition) is 1. The van der Waals surface area contributed by atoms with Gasteiger partial charge in [-0.2, -0.15) is 0 Å². The van der Waals surface area contributed by atoms with Gasteiger partial charge in [0.25, 0.3) is 0 Å². The average molecular weight is 444 g/mol. The molecule has 3 rings (SSSR count). The first-order valence-electron chi connectivity index (χ1n) is 9.19. The molecule has 3 aromatic rings. The lowest BCUT2D eigenvalue weighted by atomic mass is 10.3. The van der Waals surface area contributed by atoms with Gasteiger partial charge in [-0.1, -0.05) is 23.9 Å². The van der Waals surface area contributed by atoms with E-state index >= 15 is 0 Å². The number of pyridine rings is 1. The van der Waals surface area contributed by atoms with Crippen LogP contribution in [0.15, 0.2) is 48.3 Å². The molecular weight excluding hydrogens is 422 g/mol. The molecule has 10 heteroatoms. The van der Waals surface area contributed by atoms with Gasteiger partial charge in [0.15, 0.2) is 11.0 Å². The van der Waals surface area contributed by atoms with Gasteiger partial charge in [0.2, 0.25) is 5.91 Å². The predicted octanol–water partition coefficient (Wildman–Crippen LogP) is 3.80. The van der Waals surface area contributed by atoms with Gasteiger partial charge in [0.05, 0.1) is 17.9 Å². The van der Waals surface area contributed by atoms with E-state index in [0.29, 0.717) is 33.8 Å². The summed E-state index contributed by atoms with van der Waals surface area (Å²) in [6.45, 7) is 8.15. The Labute approximate surface area is 182 Å². The molecule has 0 aromatic carbocycles. The highest BCUT2D eigenvalue weighted by Gasteiger charge is 2.19. The van der Waals surface area contributed by atoms with Gasteiger partial charge in [-0.3, -0.25) is 14.3 Å². The molecule has 0 aliphatic carbocycles. The highest BCUT2D eigenvalue weighted by atomic mass is 32.2. The normalized spacial score (nSPS) is 10.6. The first-order chi connectivity index (χ1) is 14.5. The summed E-state index contributed by atoms with van der Waals surface area (Å²) in [5.74, 6) is 0.0174. The van der Waals surface area contributed by atoms with Crippen molar-refractivity contribution in [2.45, 2.75) is 25.5 Å². The lowest BCUT2D eigenvalue weighted by Gasteiger charge is -2.08. The van der Waals surface area contributed by atoms with Crippen LogP contribution >= 0.6 is 23.1 Å². The number of ether oxygens (including phenoxy) is 1. The number of thiophene rings is 1. The molecule has 0 fully saturated rings. The van der Waals surface area contributed by atoms with Crippen LogP contribution in [0.25, 0.3) is 11.5 Å². The van der Waals surface area contributed by atoms with Crippen molar-refractivity contribution in [2.24, 2.45) is 0 Å². The Kier molecular flexibility index (Phi) is 7.36. The number of allylic oxidation sites excluding steroid dienone is 1. The Morgan fingerprint density at radius 3 is 2.90 bits per heavy atom. The van der Waals surface area contributed by atoms with E-state index in [9.17, 15) is 9.59 Å². The number of aromatic nitrogens is 4. The van der Waals surface area contributed by atoms with E-state index in [-0.39, 0.29) is 18.3 Å². The quantitative estimate of drug-likeness (QED) is 0.305. The van der Waals surface area contributed by atoms with Crippen LogP contribution in [0.5, 0.6) is 0 Å². The number of carbonyl (C=O) groups excluding carboxylic acids is 2. The largest absolute Gasteiger partial charge is 0.462 e. The first kappa shape index (κ1) is 21.7. The Balaban J connectivity index is 1.71. The molecule has 0 saturated heterocycles. The zero-order valence-electron chi connectivity index (χ0n) is 16.6. The number of thioether (sulfide) groups is 1. The number of nitrogens with one attached hydrogen (secondary N) is 1. The van der Waals surface area contributed by atoms with Crippen LogP contribution < -0.4 is 5.32 Å². The number of amides is 1. The van der Waals surface area contributed by atoms with E-state index in [4.69, 9.17) is 4.74 Å². The second-order valence-corrected chi connectivity index (χ2v) is 8.28. The summed E-state index contributed by atoms with van der Waals surface area (Å²) in [5.41, 5.74) is 1.06. The van der Waals surface area contributed by atoms with Crippen molar-refractivity contribution in [3.63, 3.8) is 0 Å². The number of aryl methyl sites for hydroxylation is 1. The van der Waals surface area contributed by atoms with Crippen molar-refractivity contribution < 1.29 is 14.3 Å². The van der Waals surface area contributed by atoms with Gasteiger partial charge >= 0.3 is 5.97 Å². The van der Waals surface area contributed by atoms with Crippen LogP contribution in [0.3, 0.4) is 0 Å². The summed E-state index contributed by atoms with van der Waals surface area (Å²) in [6.07, 6.45) is 3.42. The van der Waals surface area contributed by atoms with Crippen molar-refractivity contribution in [3.8, 4) is 11.5 Å². The maximum atomic E-state index is 12.5. The lowest BCUT2D eigenvalue weighted by molar-refractivity contribution is -0.113. The molecule has 30 heavy (non-hydrogen) atoms. The summed E-state index contributed by atoms with van der Waals surface area (Å²) in [5, 5.41) is 12.3. The number of esters is 1. The van der Waals surface area contributed by atoms with Gasteiger partial charge < -0.3 is 10.1 Å². The number of carbonyl (C=O) groups is 2. The third kappa shape index (κ3) is 5.14. The van der Waals surface area contributed by atoms with Gasteiger partial charge in [-0.15, -0.1) is 28.1 Å². The van der Waals surface area contributed by atoms with Crippen LogP contribution in [-0.2, 0) is 16.1 Å². The molecule has 0 aliphatic rings. The minimum Gasteiger partial charge on any atom is -0.462 e. The summed E-state index contributed by atoms with van der Waals surface area (Å²) < 4.78 is 6.91. The van der Waals surface area contributed by atoms with E-state index in [0.717, 1.165) is 4.88 Å². The maximum absolute atomic E-state index is 12.5. The van der Waals surface area contributed by atoms with Crippen LogP contribution in [0.4, 0.5) is 5.00 Å². The fraction of sp³-hybridized carbons (Fsp3) is 0.250. The van der Waals surface area contributed by atoms with Gasteiger partial charge in [0.1, 0.15) is 10.7 Å². The monoisotopic (exact) mass is 443 g/mol. The number of hydrogen-bond acceptors (Lipinski definition) is 8. The Bertz CT molecular complexity index is 1050. The van der Waals surface area contributed by atoms with Crippen LogP contribution in [0.2, 0.25) is 0 Å². The molecule has 8 nitrogen and oxygen atoms in total. The van der Waals surface area contributed by atoms with Crippen molar-refractivity contribution in [2.75, 3.05) is 17.7 Å². The molecule has 0 aliphatic heterocycles. The second kappa shape index (κ2) is 10.2. The molecule has 1 amide bonds. The molecular formula is C20H21N5O3S2. The fourth-order valence-electron chi connectivity index (χ4n) is 2.63. The van der Waals surface area contributed by atoms with E-state index < -0.39 is 5.97 Å². The third-order valence-electron chi connectivity index (χ3n) is 3.86. The third-order valence-corrected chi connectivity index (χ3v) is 5.79. The zero-order chi connectivity index (χ0) is 21.5. The highest BCUT2D eigenvalue weighted by molar-refractivity contribution is 7.99. The zero-order valence-corrected chi connectivity index (χ0v) is 18.3. The van der Waals surface area contributed by atoms with Gasteiger partial charge in [-0.05, 0) is 32.0 Å². The van der Waals surface area contributed by atoms with Crippen molar-refractivity contribution in [1.82, 2.24) is 19.7 Å². The molecule has 3 heterocycles. The summed E-state index contributed by atoms with van der Waals surface area (Å²) in [7, 11) is 0. The average Bonchev–Trinajstić information content (AvgIpc) is 3.30. The topological polar surface area (TPSA) is 99.0 Å². The van der Waals surface area contributed by atoms with Crippen molar-refractivity contribution in [3.05, 3.63) is 53.6 Å². The second-order valence-electron chi connectivity index (χ2n) is 6.08. The summed E-state index contributed by atoms with van der Waals surface area (Å²) in [4.78, 5) is 29.8. The Morgan fingerprint density at radius 2 is 2.20 bits per heavy atom. The highest BCUT2D eigenvalue weighted by Crippen LogP contribution is 2.29. The predicted molar refractivity (Wildman–Crippen MR) is 118 cm³/mol. The van der Waals surface area contributed by atoms with Crippen LogP contribution in [0.1, 0.15) is 22.2 Å². The SMILES string of the molecule is C=CCn1c(SCC(=O)Nc2sc(C)cc2C(=O)OCC)nnc1-c1ccccn1. The molecule has 0 saturated carbocycles. The molecule has 3 aromatic heterocycles. The molecule has 156 valence electrons. The number of nitrogens with zero attached hydrogens (tertiary/aromatic N) is 4. The van der Waals surface area contributed by atoms with Crippen LogP contribution in [0, 0.1) is 6.92 Å². The van der Waals surface area contributed by atoms with E-state index in [2.05, 4.69) is 27.1 Å². The van der Waals surface area contributed by atoms with Crippen molar-refractivity contribution in [1.29, 1.82) is 0 Å². The lowest BCUT2D eigenvalue weighted by Crippen LogP contribution is -2.16. The molecule has 0 atom stereocenters. The Morgan fingerprint density at radius 1 is 1.37 bits per heavy atom. The van der Waals surface area contributed by atoms with Crippen molar-refractivity contribution >= 4 is 40.0 Å². The Hall–Kier alpha value is -2.98. The minimum atomic E-state index is -0.449. The summed E-state index contributed by atoms with van der Waals surface area (Å²) in [6, 6.07) is 7.26. The molecule has 0 spiro atoms. The molecule has 0 bridgehead atoms.